The van der Waals surface area contributed by atoms with E-state index in [1.807, 2.05) is 6.07 Å². The van der Waals surface area contributed by atoms with E-state index in [0.29, 0.717) is 5.56 Å². The lowest BCUT2D eigenvalue weighted by Crippen LogP contribution is -2.21. The number of nitro groups is 1. The number of nitrogens with zero attached hydrogens (tertiary/aromatic N) is 1. The van der Waals surface area contributed by atoms with Crippen molar-refractivity contribution in [1.29, 1.82) is 0 Å². The zero-order chi connectivity index (χ0) is 19.4. The molecule has 1 N–H and O–H groups in total. The molecule has 0 spiro atoms. The average Bonchev–Trinajstić information content (AvgIpc) is 2.65. The highest BCUT2D eigenvalue weighted by atomic mass is 35.5. The lowest BCUT2D eigenvalue weighted by molar-refractivity contribution is -0.383. The lowest BCUT2D eigenvalue weighted by atomic mass is 9.90. The molecule has 0 fully saturated rings. The average molecular weight is 389 g/mol. The summed E-state index contributed by atoms with van der Waals surface area (Å²) in [5.74, 6) is -1.30. The number of fused-ring (bicyclic) bond motifs is 1. The summed E-state index contributed by atoms with van der Waals surface area (Å²) in [4.78, 5) is 34.6. The zero-order valence-corrected chi connectivity index (χ0v) is 15.1. The van der Waals surface area contributed by atoms with Crippen molar-refractivity contribution < 1.29 is 19.2 Å². The quantitative estimate of drug-likeness (QED) is 0.475. The molecule has 140 valence electrons. The molecular formula is C19H17ClN2O5. The minimum absolute atomic E-state index is 0.0534. The van der Waals surface area contributed by atoms with Crippen molar-refractivity contribution >= 4 is 34.9 Å². The van der Waals surface area contributed by atoms with Crippen molar-refractivity contribution in [2.45, 2.75) is 25.7 Å². The van der Waals surface area contributed by atoms with Crippen LogP contribution in [0.15, 0.2) is 36.4 Å². The van der Waals surface area contributed by atoms with Gasteiger partial charge in [-0.05, 0) is 61.1 Å². The Morgan fingerprint density at radius 1 is 1.11 bits per heavy atom. The fourth-order valence-electron chi connectivity index (χ4n) is 3.03. The van der Waals surface area contributed by atoms with Gasteiger partial charge in [0.2, 0.25) is 0 Å². The van der Waals surface area contributed by atoms with E-state index in [9.17, 15) is 19.7 Å². The number of hydrogen-bond donors (Lipinski definition) is 1. The molecule has 0 unspecified atom stereocenters. The lowest BCUT2D eigenvalue weighted by Gasteiger charge is -2.16. The highest BCUT2D eigenvalue weighted by molar-refractivity contribution is 6.31. The SMILES string of the molecule is O=C(COC(=O)c1ccc2c(c1)CCCC2)Nc1cc(Cl)ccc1[N+](=O)[O-]. The number of nitrogens with one attached hydrogen (secondary N) is 1. The molecule has 0 heterocycles. The molecule has 0 aromatic heterocycles. The van der Waals surface area contributed by atoms with Crippen molar-refractivity contribution in [2.75, 3.05) is 11.9 Å². The van der Waals surface area contributed by atoms with Crippen LogP contribution in [0.1, 0.15) is 34.3 Å². The van der Waals surface area contributed by atoms with Gasteiger partial charge in [-0.1, -0.05) is 17.7 Å². The molecule has 0 bridgehead atoms. The van der Waals surface area contributed by atoms with Crippen molar-refractivity contribution in [3.8, 4) is 0 Å². The maximum absolute atomic E-state index is 12.2. The van der Waals surface area contributed by atoms with E-state index in [4.69, 9.17) is 16.3 Å². The Kier molecular flexibility index (Phi) is 5.71. The third kappa shape index (κ3) is 4.62. The molecule has 0 aliphatic heterocycles. The molecule has 3 rings (SSSR count). The number of carbonyl (C=O) groups is 2. The first-order chi connectivity index (χ1) is 12.9. The summed E-state index contributed by atoms with van der Waals surface area (Å²) in [6, 6.07) is 9.22. The van der Waals surface area contributed by atoms with E-state index >= 15 is 0 Å². The van der Waals surface area contributed by atoms with E-state index in [2.05, 4.69) is 5.32 Å². The number of rotatable bonds is 5. The van der Waals surface area contributed by atoms with Gasteiger partial charge in [-0.3, -0.25) is 14.9 Å². The first kappa shape index (κ1) is 18.8. The molecule has 2 aromatic rings. The summed E-state index contributed by atoms with van der Waals surface area (Å²) < 4.78 is 5.03. The molecule has 0 saturated carbocycles. The molecule has 1 amide bonds. The second kappa shape index (κ2) is 8.18. The zero-order valence-electron chi connectivity index (χ0n) is 14.4. The fourth-order valence-corrected chi connectivity index (χ4v) is 3.20. The van der Waals surface area contributed by atoms with Crippen LogP contribution in [0.4, 0.5) is 11.4 Å². The minimum atomic E-state index is -0.688. The Morgan fingerprint density at radius 2 is 1.85 bits per heavy atom. The van der Waals surface area contributed by atoms with Crippen molar-refractivity contribution in [3.05, 3.63) is 68.2 Å². The summed E-state index contributed by atoms with van der Waals surface area (Å²) in [5.41, 5.74) is 2.41. The Bertz CT molecular complexity index is 913. The van der Waals surface area contributed by atoms with E-state index in [1.54, 1.807) is 12.1 Å². The molecule has 1 aliphatic carbocycles. The smallest absolute Gasteiger partial charge is 0.338 e. The Balaban J connectivity index is 1.62. The monoisotopic (exact) mass is 388 g/mol. The van der Waals surface area contributed by atoms with Crippen LogP contribution in [0.5, 0.6) is 0 Å². The molecule has 2 aromatic carbocycles. The number of halogens is 1. The third-order valence-corrected chi connectivity index (χ3v) is 4.58. The maximum atomic E-state index is 12.2. The molecule has 1 aliphatic rings. The van der Waals surface area contributed by atoms with E-state index in [0.717, 1.165) is 31.2 Å². The van der Waals surface area contributed by atoms with Crippen molar-refractivity contribution in [1.82, 2.24) is 0 Å². The number of esters is 1. The van der Waals surface area contributed by atoms with Gasteiger partial charge in [0.05, 0.1) is 10.5 Å². The van der Waals surface area contributed by atoms with Gasteiger partial charge in [0.25, 0.3) is 11.6 Å². The molecule has 8 heteroatoms. The molecule has 0 radical (unpaired) electrons. The number of aryl methyl sites for hydroxylation is 2. The van der Waals surface area contributed by atoms with E-state index in [1.165, 1.54) is 23.8 Å². The number of carbonyl (C=O) groups excluding carboxylic acids is 2. The standard InChI is InChI=1S/C19H17ClN2O5/c20-15-7-8-17(22(25)26)16(10-15)21-18(23)11-27-19(24)14-6-5-12-3-1-2-4-13(12)9-14/h5-10H,1-4,11H2,(H,21,23). The summed E-state index contributed by atoms with van der Waals surface area (Å²) in [6.07, 6.45) is 4.17. The van der Waals surface area contributed by atoms with Crippen LogP contribution in [0, 0.1) is 10.1 Å². The molecule has 27 heavy (non-hydrogen) atoms. The molecule has 0 atom stereocenters. The second-order valence-electron chi connectivity index (χ2n) is 6.23. The van der Waals surface area contributed by atoms with Crippen LogP contribution >= 0.6 is 11.6 Å². The first-order valence-corrected chi connectivity index (χ1v) is 8.84. The van der Waals surface area contributed by atoms with Gasteiger partial charge in [-0.15, -0.1) is 0 Å². The van der Waals surface area contributed by atoms with Gasteiger partial charge in [0, 0.05) is 11.1 Å². The van der Waals surface area contributed by atoms with Crippen LogP contribution in [0.2, 0.25) is 5.02 Å². The number of anilines is 1. The predicted molar refractivity (Wildman–Crippen MR) is 100 cm³/mol. The summed E-state index contributed by atoms with van der Waals surface area (Å²) in [6.45, 7) is -0.556. The topological polar surface area (TPSA) is 98.5 Å². The van der Waals surface area contributed by atoms with Crippen LogP contribution in [-0.2, 0) is 22.4 Å². The number of ether oxygens (including phenoxy) is 1. The summed E-state index contributed by atoms with van der Waals surface area (Å²) >= 11 is 5.81. The van der Waals surface area contributed by atoms with Crippen LogP contribution < -0.4 is 5.32 Å². The normalized spacial score (nSPS) is 12.8. The van der Waals surface area contributed by atoms with Crippen LogP contribution in [0.3, 0.4) is 0 Å². The maximum Gasteiger partial charge on any atom is 0.338 e. The van der Waals surface area contributed by atoms with Crippen molar-refractivity contribution in [2.24, 2.45) is 0 Å². The van der Waals surface area contributed by atoms with Gasteiger partial charge in [-0.2, -0.15) is 0 Å². The van der Waals surface area contributed by atoms with Crippen molar-refractivity contribution in [3.63, 3.8) is 0 Å². The summed E-state index contributed by atoms with van der Waals surface area (Å²) in [7, 11) is 0. The summed E-state index contributed by atoms with van der Waals surface area (Å²) in [5, 5.41) is 13.6. The number of hydrogen-bond acceptors (Lipinski definition) is 5. The Hall–Kier alpha value is -2.93. The predicted octanol–water partition coefficient (Wildman–Crippen LogP) is 3.92. The number of amides is 1. The highest BCUT2D eigenvalue weighted by Gasteiger charge is 2.18. The van der Waals surface area contributed by atoms with E-state index < -0.39 is 23.4 Å². The Morgan fingerprint density at radius 3 is 2.59 bits per heavy atom. The molecule has 7 nitrogen and oxygen atoms in total. The number of nitro benzene ring substituents is 1. The fraction of sp³-hybridized carbons (Fsp3) is 0.263. The minimum Gasteiger partial charge on any atom is -0.452 e. The van der Waals surface area contributed by atoms with Crippen LogP contribution in [-0.4, -0.2) is 23.4 Å². The third-order valence-electron chi connectivity index (χ3n) is 4.35. The Labute approximate surface area is 160 Å². The van der Waals surface area contributed by atoms with E-state index in [-0.39, 0.29) is 16.4 Å². The second-order valence-corrected chi connectivity index (χ2v) is 6.67. The van der Waals surface area contributed by atoms with Gasteiger partial charge < -0.3 is 10.1 Å². The number of benzene rings is 2. The van der Waals surface area contributed by atoms with Gasteiger partial charge in [0.1, 0.15) is 5.69 Å². The first-order valence-electron chi connectivity index (χ1n) is 8.47. The molecular weight excluding hydrogens is 372 g/mol. The molecule has 0 saturated heterocycles. The highest BCUT2D eigenvalue weighted by Crippen LogP contribution is 2.27. The van der Waals surface area contributed by atoms with Gasteiger partial charge in [-0.25, -0.2) is 4.79 Å². The van der Waals surface area contributed by atoms with Crippen LogP contribution in [0.25, 0.3) is 0 Å². The largest absolute Gasteiger partial charge is 0.452 e. The van der Waals surface area contributed by atoms with Gasteiger partial charge in [0.15, 0.2) is 6.61 Å². The van der Waals surface area contributed by atoms with Gasteiger partial charge >= 0.3 is 5.97 Å².